The number of hydrogen-bond donors (Lipinski definition) is 0. The van der Waals surface area contributed by atoms with E-state index in [-0.39, 0.29) is 0 Å². The van der Waals surface area contributed by atoms with Gasteiger partial charge in [-0.15, -0.1) is 10.2 Å². The molecule has 1 spiro atoms. The third-order valence-corrected chi connectivity index (χ3v) is 7.54. The zero-order valence-electron chi connectivity index (χ0n) is 17.9. The van der Waals surface area contributed by atoms with Crippen LogP contribution in [0.3, 0.4) is 0 Å². The fraction of sp³-hybridized carbons (Fsp3) is 0.667. The summed E-state index contributed by atoms with van der Waals surface area (Å²) in [5.74, 6) is 3.60. The van der Waals surface area contributed by atoms with E-state index in [1.165, 1.54) is 68.4 Å². The minimum Gasteiger partial charge on any atom is -0.496 e. The van der Waals surface area contributed by atoms with Crippen molar-refractivity contribution >= 4 is 0 Å². The fourth-order valence-electron chi connectivity index (χ4n) is 5.86. The number of rotatable bonds is 6. The predicted octanol–water partition coefficient (Wildman–Crippen LogP) is 4.56. The molecule has 156 valence electrons. The topological polar surface area (TPSA) is 43.2 Å². The molecule has 3 aliphatic rings. The number of likely N-dealkylation sites (tertiary alicyclic amines) is 1. The Morgan fingerprint density at radius 1 is 1.17 bits per heavy atom. The zero-order chi connectivity index (χ0) is 19.8. The van der Waals surface area contributed by atoms with Crippen molar-refractivity contribution in [2.75, 3.05) is 20.2 Å². The van der Waals surface area contributed by atoms with Crippen LogP contribution in [0.2, 0.25) is 0 Å². The minimum absolute atomic E-state index is 0.383. The van der Waals surface area contributed by atoms with Gasteiger partial charge in [0.1, 0.15) is 17.9 Å². The molecule has 1 aromatic carbocycles. The van der Waals surface area contributed by atoms with Crippen molar-refractivity contribution in [3.8, 4) is 5.75 Å². The molecule has 2 heterocycles. The first-order valence-corrected chi connectivity index (χ1v) is 11.4. The molecule has 0 radical (unpaired) electrons. The van der Waals surface area contributed by atoms with Gasteiger partial charge in [0.25, 0.3) is 0 Å². The van der Waals surface area contributed by atoms with Gasteiger partial charge in [-0.25, -0.2) is 0 Å². The first-order chi connectivity index (χ1) is 14.2. The van der Waals surface area contributed by atoms with Crippen LogP contribution in [0.1, 0.15) is 67.8 Å². The van der Waals surface area contributed by atoms with E-state index >= 15 is 0 Å². The van der Waals surface area contributed by atoms with Crippen molar-refractivity contribution in [2.45, 2.75) is 70.9 Å². The first-order valence-electron chi connectivity index (χ1n) is 11.4. The maximum atomic E-state index is 5.44. The van der Waals surface area contributed by atoms with Gasteiger partial charge in [-0.3, -0.25) is 4.90 Å². The molecule has 5 nitrogen and oxygen atoms in total. The van der Waals surface area contributed by atoms with Gasteiger partial charge in [0, 0.05) is 32.1 Å². The lowest BCUT2D eigenvalue weighted by atomic mass is 9.67. The lowest BCUT2D eigenvalue weighted by Gasteiger charge is -2.38. The molecule has 1 saturated heterocycles. The van der Waals surface area contributed by atoms with E-state index in [0.29, 0.717) is 11.3 Å². The third kappa shape index (κ3) is 3.81. The number of aromatic nitrogens is 3. The highest BCUT2D eigenvalue weighted by molar-refractivity contribution is 5.36. The van der Waals surface area contributed by atoms with Gasteiger partial charge >= 0.3 is 0 Å². The Morgan fingerprint density at radius 2 is 2.00 bits per heavy atom. The van der Waals surface area contributed by atoms with E-state index in [9.17, 15) is 0 Å². The lowest BCUT2D eigenvalue weighted by molar-refractivity contribution is 0.163. The first kappa shape index (κ1) is 19.1. The summed E-state index contributed by atoms with van der Waals surface area (Å²) in [4.78, 5) is 2.67. The molecule has 0 N–H and O–H groups in total. The lowest BCUT2D eigenvalue weighted by Crippen LogP contribution is -2.33. The van der Waals surface area contributed by atoms with E-state index in [1.54, 1.807) is 7.11 Å². The highest BCUT2D eigenvalue weighted by Gasteiger charge is 2.49. The second-order valence-electron chi connectivity index (χ2n) is 9.73. The van der Waals surface area contributed by atoms with Gasteiger partial charge in [0.2, 0.25) is 0 Å². The van der Waals surface area contributed by atoms with E-state index < -0.39 is 0 Å². The molecule has 2 saturated carbocycles. The number of benzene rings is 1. The van der Waals surface area contributed by atoms with E-state index in [2.05, 4.69) is 44.8 Å². The predicted molar refractivity (Wildman–Crippen MR) is 114 cm³/mol. The van der Waals surface area contributed by atoms with Gasteiger partial charge < -0.3 is 9.30 Å². The summed E-state index contributed by atoms with van der Waals surface area (Å²) < 4.78 is 7.83. The summed E-state index contributed by atoms with van der Waals surface area (Å²) in [6, 6.07) is 6.62. The van der Waals surface area contributed by atoms with Crippen LogP contribution in [-0.4, -0.2) is 39.9 Å². The highest BCUT2D eigenvalue weighted by atomic mass is 16.5. The average Bonchev–Trinajstić information content (AvgIpc) is 3.32. The SMILES string of the molecule is COc1ccc(CN2CC(c3nncn3CC3CC3)C3(CCCCC3)C2)cc1C. The van der Waals surface area contributed by atoms with E-state index in [1.807, 2.05) is 6.33 Å². The Balaban J connectivity index is 1.39. The Morgan fingerprint density at radius 3 is 2.72 bits per heavy atom. The van der Waals surface area contributed by atoms with Crippen molar-refractivity contribution < 1.29 is 4.74 Å². The molecular formula is C24H34N4O. The standard InChI is InChI=1S/C24H34N4O/c1-18-12-20(8-9-22(18)29-2)13-27-15-21(24(16-27)10-4-3-5-11-24)23-26-25-17-28(23)14-19-6-7-19/h8-9,12,17,19,21H,3-7,10-11,13-16H2,1-2H3. The van der Waals surface area contributed by atoms with Gasteiger partial charge in [-0.1, -0.05) is 31.4 Å². The van der Waals surface area contributed by atoms with Crippen molar-refractivity contribution in [3.63, 3.8) is 0 Å². The monoisotopic (exact) mass is 394 g/mol. The molecule has 2 aliphatic carbocycles. The smallest absolute Gasteiger partial charge is 0.137 e. The van der Waals surface area contributed by atoms with E-state index in [4.69, 9.17) is 4.74 Å². The number of ether oxygens (including phenoxy) is 1. The molecule has 0 bridgehead atoms. The van der Waals surface area contributed by atoms with Crippen molar-refractivity contribution in [1.82, 2.24) is 19.7 Å². The maximum Gasteiger partial charge on any atom is 0.137 e. The molecule has 5 rings (SSSR count). The Bertz CT molecular complexity index is 850. The molecule has 1 aliphatic heterocycles. The second-order valence-corrected chi connectivity index (χ2v) is 9.73. The summed E-state index contributed by atoms with van der Waals surface area (Å²) in [6.45, 7) is 6.57. The van der Waals surface area contributed by atoms with Crippen LogP contribution in [0.15, 0.2) is 24.5 Å². The van der Waals surface area contributed by atoms with Crippen LogP contribution in [0.4, 0.5) is 0 Å². The second kappa shape index (κ2) is 7.75. The molecule has 29 heavy (non-hydrogen) atoms. The molecule has 0 amide bonds. The van der Waals surface area contributed by atoms with Gasteiger partial charge in [-0.2, -0.15) is 0 Å². The quantitative estimate of drug-likeness (QED) is 0.721. The van der Waals surface area contributed by atoms with Crippen LogP contribution in [-0.2, 0) is 13.1 Å². The fourth-order valence-corrected chi connectivity index (χ4v) is 5.86. The van der Waals surface area contributed by atoms with Crippen LogP contribution in [0.5, 0.6) is 5.75 Å². The molecule has 2 aromatic rings. The number of methoxy groups -OCH3 is 1. The Hall–Kier alpha value is -1.88. The Kier molecular flexibility index (Phi) is 5.10. The van der Waals surface area contributed by atoms with Crippen LogP contribution < -0.4 is 4.74 Å². The van der Waals surface area contributed by atoms with Gasteiger partial charge in [0.05, 0.1) is 7.11 Å². The van der Waals surface area contributed by atoms with Crippen LogP contribution in [0.25, 0.3) is 0 Å². The molecule has 5 heteroatoms. The van der Waals surface area contributed by atoms with Crippen LogP contribution in [0, 0.1) is 18.3 Å². The molecule has 1 unspecified atom stereocenters. The summed E-state index contributed by atoms with van der Waals surface area (Å²) >= 11 is 0. The Labute approximate surface area is 174 Å². The van der Waals surface area contributed by atoms with Crippen molar-refractivity contribution in [3.05, 3.63) is 41.5 Å². The van der Waals surface area contributed by atoms with Gasteiger partial charge in [-0.05, 0) is 61.1 Å². The number of nitrogens with zero attached hydrogens (tertiary/aromatic N) is 4. The largest absolute Gasteiger partial charge is 0.496 e. The molecule has 1 atom stereocenters. The molecule has 1 aromatic heterocycles. The number of hydrogen-bond acceptors (Lipinski definition) is 4. The summed E-state index contributed by atoms with van der Waals surface area (Å²) in [7, 11) is 1.75. The summed E-state index contributed by atoms with van der Waals surface area (Å²) in [5, 5.41) is 9.02. The van der Waals surface area contributed by atoms with Crippen molar-refractivity contribution in [1.29, 1.82) is 0 Å². The highest BCUT2D eigenvalue weighted by Crippen LogP contribution is 2.52. The average molecular weight is 395 g/mol. The zero-order valence-corrected chi connectivity index (χ0v) is 17.9. The minimum atomic E-state index is 0.383. The van der Waals surface area contributed by atoms with E-state index in [0.717, 1.165) is 31.3 Å². The number of aryl methyl sites for hydroxylation is 1. The molecular weight excluding hydrogens is 360 g/mol. The van der Waals surface area contributed by atoms with Crippen molar-refractivity contribution in [2.24, 2.45) is 11.3 Å². The summed E-state index contributed by atoms with van der Waals surface area (Å²) in [5.41, 5.74) is 2.99. The molecule has 3 fully saturated rings. The normalized spacial score (nSPS) is 24.3. The summed E-state index contributed by atoms with van der Waals surface area (Å²) in [6.07, 6.45) is 11.5. The third-order valence-electron chi connectivity index (χ3n) is 7.54. The maximum absolute atomic E-state index is 5.44. The van der Waals surface area contributed by atoms with Crippen LogP contribution >= 0.6 is 0 Å². The van der Waals surface area contributed by atoms with Gasteiger partial charge in [0.15, 0.2) is 0 Å².